The average Bonchev–Trinajstić information content (AvgIpc) is 3.58. The fourth-order valence-electron chi connectivity index (χ4n) is 9.77. The number of allylic oxidation sites excluding steroid dienone is 2. The smallest absolute Gasteiger partial charge is 0.159 e. The van der Waals surface area contributed by atoms with E-state index in [4.69, 9.17) is 4.42 Å². The predicted octanol–water partition coefficient (Wildman–Crippen LogP) is 14.1. The van der Waals surface area contributed by atoms with Crippen molar-refractivity contribution in [2.45, 2.75) is 11.6 Å². The lowest BCUT2D eigenvalue weighted by Crippen LogP contribution is -2.36. The number of aromatic nitrogens is 1. The van der Waals surface area contributed by atoms with Gasteiger partial charge in [-0.25, -0.2) is 0 Å². The number of furan rings is 1. The summed E-state index contributed by atoms with van der Waals surface area (Å²) in [6, 6.07) is 66.3. The summed E-state index contributed by atoms with van der Waals surface area (Å²) >= 11 is 0. The Morgan fingerprint density at radius 2 is 1.11 bits per heavy atom. The zero-order valence-electron chi connectivity index (χ0n) is 30.6. The molecule has 0 bridgehead atoms. The van der Waals surface area contributed by atoms with Gasteiger partial charge in [-0.15, -0.1) is 0 Å². The van der Waals surface area contributed by atoms with Crippen molar-refractivity contribution in [3.8, 4) is 22.3 Å². The summed E-state index contributed by atoms with van der Waals surface area (Å²) < 4.78 is 9.40. The molecule has 3 nitrogen and oxygen atoms in total. The normalized spacial score (nSPS) is 18.6. The number of nitrogens with zero attached hydrogens (tertiary/aromatic N) is 2. The van der Waals surface area contributed by atoms with Gasteiger partial charge in [0, 0.05) is 44.2 Å². The highest BCUT2D eigenvalue weighted by molar-refractivity contribution is 6.11. The first-order valence-corrected chi connectivity index (χ1v) is 19.5. The number of anilines is 2. The maximum atomic E-state index is 6.79. The van der Waals surface area contributed by atoms with E-state index in [1.807, 2.05) is 0 Å². The molecule has 0 amide bonds. The van der Waals surface area contributed by atoms with Gasteiger partial charge in [0.15, 0.2) is 5.58 Å². The summed E-state index contributed by atoms with van der Waals surface area (Å²) in [4.78, 5) is 2.58. The van der Waals surface area contributed by atoms with Crippen LogP contribution in [0.2, 0.25) is 0 Å². The third kappa shape index (κ3) is 4.52. The Balaban J connectivity index is 1.03. The van der Waals surface area contributed by atoms with Crippen molar-refractivity contribution in [3.63, 3.8) is 0 Å². The molecule has 0 saturated heterocycles. The first-order valence-electron chi connectivity index (χ1n) is 19.5. The van der Waals surface area contributed by atoms with Crippen LogP contribution in [0.5, 0.6) is 0 Å². The molecule has 1 fully saturated rings. The molecule has 0 N–H and O–H groups in total. The van der Waals surface area contributed by atoms with Gasteiger partial charge in [-0.2, -0.15) is 0 Å². The molecule has 2 aliphatic rings. The van der Waals surface area contributed by atoms with Gasteiger partial charge in [0.25, 0.3) is 0 Å². The van der Waals surface area contributed by atoms with E-state index in [1.54, 1.807) is 0 Å². The Morgan fingerprint density at radius 3 is 1.91 bits per heavy atom. The zero-order valence-corrected chi connectivity index (χ0v) is 30.6. The maximum absolute atomic E-state index is 6.79. The minimum Gasteiger partial charge on any atom is -0.454 e. The summed E-state index contributed by atoms with van der Waals surface area (Å²) in [5, 5.41) is 7.35. The highest BCUT2D eigenvalue weighted by Crippen LogP contribution is 2.66. The number of hydrogen-bond acceptors (Lipinski definition) is 2. The molecule has 2 aromatic heterocycles. The molecule has 3 atom stereocenters. The summed E-state index contributed by atoms with van der Waals surface area (Å²) in [5.74, 6) is 0.227. The van der Waals surface area contributed by atoms with Crippen LogP contribution in [0.4, 0.5) is 11.4 Å². The number of rotatable bonds is 6. The minimum atomic E-state index is -0.385. The lowest BCUT2D eigenvalue weighted by atomic mass is 9.97. The first-order chi connectivity index (χ1) is 27.8. The van der Waals surface area contributed by atoms with Gasteiger partial charge in [-0.1, -0.05) is 158 Å². The number of hydrogen-bond donors (Lipinski definition) is 0. The van der Waals surface area contributed by atoms with E-state index in [0.717, 1.165) is 33.3 Å². The Labute approximate surface area is 324 Å². The highest BCUT2D eigenvalue weighted by Gasteiger charge is 2.68. The fourth-order valence-corrected chi connectivity index (χ4v) is 9.77. The molecule has 1 saturated carbocycles. The number of para-hydroxylation sites is 4. The van der Waals surface area contributed by atoms with Crippen LogP contribution in [-0.2, 0) is 0 Å². The van der Waals surface area contributed by atoms with Gasteiger partial charge in [0.1, 0.15) is 5.58 Å². The van der Waals surface area contributed by atoms with E-state index in [-0.39, 0.29) is 17.5 Å². The molecule has 0 aliphatic heterocycles. The summed E-state index contributed by atoms with van der Waals surface area (Å²) in [6.45, 7) is 0. The summed E-state index contributed by atoms with van der Waals surface area (Å²) in [5.41, 5.74) is 11.0. The van der Waals surface area contributed by atoms with Crippen molar-refractivity contribution >= 4 is 65.9 Å². The van der Waals surface area contributed by atoms with Crippen LogP contribution in [0.15, 0.2) is 211 Å². The van der Waals surface area contributed by atoms with Crippen molar-refractivity contribution < 1.29 is 4.42 Å². The third-order valence-corrected chi connectivity index (χ3v) is 12.3. The van der Waals surface area contributed by atoms with Crippen LogP contribution in [-0.4, -0.2) is 10.1 Å². The zero-order chi connectivity index (χ0) is 36.8. The van der Waals surface area contributed by atoms with Crippen LogP contribution < -0.4 is 4.90 Å². The fraction of sp³-hybridized carbons (Fsp3) is 0.0566. The van der Waals surface area contributed by atoms with E-state index < -0.39 is 0 Å². The summed E-state index contributed by atoms with van der Waals surface area (Å²) in [7, 11) is 0. The molecule has 3 unspecified atom stereocenters. The largest absolute Gasteiger partial charge is 0.454 e. The second-order valence-electron chi connectivity index (χ2n) is 15.3. The number of benzene rings is 8. The first kappa shape index (κ1) is 31.3. The van der Waals surface area contributed by atoms with Crippen LogP contribution >= 0.6 is 0 Å². The molecule has 2 heterocycles. The van der Waals surface area contributed by atoms with Crippen molar-refractivity contribution in [3.05, 3.63) is 206 Å². The Kier molecular flexibility index (Phi) is 6.67. The second-order valence-corrected chi connectivity index (χ2v) is 15.3. The Bertz CT molecular complexity index is 3180. The lowest BCUT2D eigenvalue weighted by molar-refractivity contribution is 0.649. The van der Waals surface area contributed by atoms with Gasteiger partial charge < -0.3 is 13.9 Å². The average molecular weight is 717 g/mol. The van der Waals surface area contributed by atoms with Gasteiger partial charge in [-0.3, -0.25) is 0 Å². The van der Waals surface area contributed by atoms with Gasteiger partial charge >= 0.3 is 0 Å². The molecular weight excluding hydrogens is 681 g/mol. The van der Waals surface area contributed by atoms with Crippen LogP contribution in [0, 0.1) is 5.92 Å². The maximum Gasteiger partial charge on any atom is 0.159 e. The Morgan fingerprint density at radius 1 is 0.482 bits per heavy atom. The lowest BCUT2D eigenvalue weighted by Gasteiger charge is -2.35. The van der Waals surface area contributed by atoms with Crippen molar-refractivity contribution in [2.75, 3.05) is 4.90 Å². The van der Waals surface area contributed by atoms with Crippen molar-refractivity contribution in [1.82, 2.24) is 4.57 Å². The van der Waals surface area contributed by atoms with Crippen LogP contribution in [0.3, 0.4) is 0 Å². The molecule has 3 heteroatoms. The van der Waals surface area contributed by atoms with E-state index in [2.05, 4.69) is 216 Å². The molecule has 0 spiro atoms. The number of fused-ring (bicyclic) bond motifs is 8. The van der Waals surface area contributed by atoms with Crippen LogP contribution in [0.1, 0.15) is 6.04 Å². The molecule has 2 aliphatic carbocycles. The molecule has 12 rings (SSSR count). The van der Waals surface area contributed by atoms with E-state index in [0.29, 0.717) is 0 Å². The van der Waals surface area contributed by atoms with E-state index in [1.165, 1.54) is 54.8 Å². The monoisotopic (exact) mass is 716 g/mol. The molecule has 0 radical (unpaired) electrons. The van der Waals surface area contributed by atoms with E-state index in [9.17, 15) is 0 Å². The molecule has 56 heavy (non-hydrogen) atoms. The summed E-state index contributed by atoms with van der Waals surface area (Å²) in [6.07, 6.45) is 9.31. The van der Waals surface area contributed by atoms with Crippen LogP contribution in [0.25, 0.3) is 76.8 Å². The minimum absolute atomic E-state index is 0.139. The molecule has 8 aromatic carbocycles. The SMILES string of the molecule is C1=CC2C(n3c4ccccc4c4ccccc43)C2(N(c2ccc(-c3cccc(-c4ccc5ccccc5c4)c3)cc2)c2cccc3c2oc2ccccc23)C=C1. The predicted molar refractivity (Wildman–Crippen MR) is 234 cm³/mol. The van der Waals surface area contributed by atoms with Gasteiger partial charge in [0.05, 0.1) is 17.3 Å². The molecule has 264 valence electrons. The molecule has 10 aromatic rings. The standard InChI is InChI=1S/C53H36N2O/c1-2-14-37-34-40(27-26-35(37)13-1)39-16-11-15-38(33-39)36-28-30-41(31-29-36)55(49-24-12-20-45-44-19-5-8-25-50(44)56-51(45)49)53-32-10-9-21-46(53)52(53)54-47-22-6-3-17-42(47)43-18-4-7-23-48(43)54/h1-34,46,52H. The molecular formula is C53H36N2O. The van der Waals surface area contributed by atoms with Gasteiger partial charge in [0.2, 0.25) is 0 Å². The van der Waals surface area contributed by atoms with Crippen molar-refractivity contribution in [1.29, 1.82) is 0 Å². The third-order valence-electron chi connectivity index (χ3n) is 12.3. The van der Waals surface area contributed by atoms with Gasteiger partial charge in [-0.05, 0) is 81.6 Å². The second kappa shape index (κ2) is 11.9. The quantitative estimate of drug-likeness (QED) is 0.171. The van der Waals surface area contributed by atoms with E-state index >= 15 is 0 Å². The van der Waals surface area contributed by atoms with Crippen molar-refractivity contribution in [2.24, 2.45) is 5.92 Å². The Hall–Kier alpha value is -7.10. The topological polar surface area (TPSA) is 21.3 Å². The highest BCUT2D eigenvalue weighted by atomic mass is 16.3.